The zero-order chi connectivity index (χ0) is 23.7. The van der Waals surface area contributed by atoms with E-state index in [2.05, 4.69) is 10.00 Å². The maximum atomic E-state index is 13.4. The highest BCUT2D eigenvalue weighted by molar-refractivity contribution is 6.31. The molecule has 1 fully saturated rings. The first kappa shape index (κ1) is 22.9. The molecule has 1 saturated heterocycles. The number of carbonyl (C=O) groups excluding carboxylic acids is 1. The summed E-state index contributed by atoms with van der Waals surface area (Å²) in [7, 11) is 1.98. The quantitative estimate of drug-likeness (QED) is 0.587. The minimum absolute atomic E-state index is 0.0618. The van der Waals surface area contributed by atoms with Gasteiger partial charge in [-0.05, 0) is 55.8 Å². The van der Waals surface area contributed by atoms with Gasteiger partial charge in [0, 0.05) is 31.2 Å². The number of aromatic nitrogens is 3. The Labute approximate surface area is 196 Å². The van der Waals surface area contributed by atoms with Gasteiger partial charge in [-0.3, -0.25) is 14.2 Å². The van der Waals surface area contributed by atoms with E-state index in [0.29, 0.717) is 42.5 Å². The maximum Gasteiger partial charge on any atom is 0.352 e. The molecule has 1 amide bonds. The predicted molar refractivity (Wildman–Crippen MR) is 128 cm³/mol. The standard InChI is InChI=1S/C24H26ClN5O3/c1-16-8-9-19(14-17(16)2)30-24(33)29(15-18-6-4-5-7-20(18)25)23(32)21(26-30)22(31)28-12-10-27(3)11-13-28/h4-9,14H,10-13,15H2,1-3H3. The van der Waals surface area contributed by atoms with Crippen LogP contribution < -0.4 is 11.2 Å². The lowest BCUT2D eigenvalue weighted by atomic mass is 10.1. The van der Waals surface area contributed by atoms with Gasteiger partial charge in [-0.25, -0.2) is 4.79 Å². The number of benzene rings is 2. The van der Waals surface area contributed by atoms with E-state index < -0.39 is 17.2 Å². The van der Waals surface area contributed by atoms with Gasteiger partial charge in [-0.1, -0.05) is 35.9 Å². The van der Waals surface area contributed by atoms with Gasteiger partial charge in [-0.2, -0.15) is 9.78 Å². The number of rotatable bonds is 4. The minimum atomic E-state index is -0.719. The highest BCUT2D eigenvalue weighted by Gasteiger charge is 2.27. The molecule has 0 spiro atoms. The maximum absolute atomic E-state index is 13.4. The molecule has 9 heteroatoms. The van der Waals surface area contributed by atoms with Gasteiger partial charge in [0.05, 0.1) is 12.2 Å². The summed E-state index contributed by atoms with van der Waals surface area (Å²) in [5.74, 6) is -0.474. The molecule has 0 radical (unpaired) electrons. The first-order valence-corrected chi connectivity index (χ1v) is 11.2. The van der Waals surface area contributed by atoms with Gasteiger partial charge >= 0.3 is 5.69 Å². The van der Waals surface area contributed by atoms with E-state index in [0.717, 1.165) is 20.4 Å². The summed E-state index contributed by atoms with van der Waals surface area (Å²) in [6, 6.07) is 12.5. The third-order valence-corrected chi connectivity index (χ3v) is 6.44. The molecule has 0 unspecified atom stereocenters. The molecule has 2 heterocycles. The Morgan fingerprint density at radius 2 is 1.70 bits per heavy atom. The number of nitrogens with zero attached hydrogens (tertiary/aromatic N) is 5. The van der Waals surface area contributed by atoms with Gasteiger partial charge in [0.1, 0.15) is 0 Å². The second-order valence-electron chi connectivity index (χ2n) is 8.39. The number of aryl methyl sites for hydroxylation is 2. The molecule has 8 nitrogen and oxygen atoms in total. The summed E-state index contributed by atoms with van der Waals surface area (Å²) < 4.78 is 2.17. The molecule has 1 aliphatic heterocycles. The smallest absolute Gasteiger partial charge is 0.335 e. The van der Waals surface area contributed by atoms with Crippen molar-refractivity contribution in [1.29, 1.82) is 0 Å². The lowest BCUT2D eigenvalue weighted by Crippen LogP contribution is -2.51. The van der Waals surface area contributed by atoms with Gasteiger partial charge in [-0.15, -0.1) is 0 Å². The van der Waals surface area contributed by atoms with E-state index in [1.807, 2.05) is 33.0 Å². The molecule has 4 rings (SSSR count). The van der Waals surface area contributed by atoms with E-state index in [-0.39, 0.29) is 12.2 Å². The SMILES string of the molecule is Cc1ccc(-n2nc(C(=O)N3CCN(C)CC3)c(=O)n(Cc3ccccc3Cl)c2=O)cc1C. The number of piperazine rings is 1. The summed E-state index contributed by atoms with van der Waals surface area (Å²) in [5, 5.41) is 4.70. The average Bonchev–Trinajstić information content (AvgIpc) is 2.80. The van der Waals surface area contributed by atoms with Crippen LogP contribution in [0.1, 0.15) is 27.2 Å². The van der Waals surface area contributed by atoms with Crippen molar-refractivity contribution in [2.45, 2.75) is 20.4 Å². The molecule has 0 atom stereocenters. The number of carbonyl (C=O) groups is 1. The minimum Gasteiger partial charge on any atom is -0.335 e. The van der Waals surface area contributed by atoms with Crippen molar-refractivity contribution in [3.05, 3.63) is 90.7 Å². The molecule has 0 aliphatic carbocycles. The van der Waals surface area contributed by atoms with Crippen LogP contribution in [0, 0.1) is 13.8 Å². The average molecular weight is 468 g/mol. The molecule has 0 saturated carbocycles. The van der Waals surface area contributed by atoms with Crippen LogP contribution in [0.4, 0.5) is 0 Å². The zero-order valence-electron chi connectivity index (χ0n) is 18.9. The number of likely N-dealkylation sites (N-methyl/N-ethyl adjacent to an activating group) is 1. The van der Waals surface area contributed by atoms with Crippen molar-refractivity contribution in [3.8, 4) is 5.69 Å². The van der Waals surface area contributed by atoms with Crippen LogP contribution in [-0.2, 0) is 6.54 Å². The predicted octanol–water partition coefficient (Wildman–Crippen LogP) is 2.10. The molecule has 2 aromatic carbocycles. The summed E-state index contributed by atoms with van der Waals surface area (Å²) in [6.07, 6.45) is 0. The Bertz CT molecular complexity index is 1320. The second-order valence-corrected chi connectivity index (χ2v) is 8.80. The lowest BCUT2D eigenvalue weighted by Gasteiger charge is -2.32. The summed E-state index contributed by atoms with van der Waals surface area (Å²) >= 11 is 6.29. The van der Waals surface area contributed by atoms with E-state index in [1.54, 1.807) is 35.2 Å². The Balaban J connectivity index is 1.88. The van der Waals surface area contributed by atoms with Gasteiger partial charge in [0.25, 0.3) is 11.5 Å². The monoisotopic (exact) mass is 467 g/mol. The largest absolute Gasteiger partial charge is 0.352 e. The Kier molecular flexibility index (Phi) is 6.49. The molecule has 33 heavy (non-hydrogen) atoms. The molecular weight excluding hydrogens is 442 g/mol. The number of amides is 1. The first-order chi connectivity index (χ1) is 15.8. The summed E-state index contributed by atoms with van der Waals surface area (Å²) in [4.78, 5) is 43.8. The van der Waals surface area contributed by atoms with Crippen molar-refractivity contribution in [2.75, 3.05) is 33.2 Å². The van der Waals surface area contributed by atoms with E-state index in [4.69, 9.17) is 11.6 Å². The van der Waals surface area contributed by atoms with E-state index >= 15 is 0 Å². The fraction of sp³-hybridized carbons (Fsp3) is 0.333. The van der Waals surface area contributed by atoms with Crippen molar-refractivity contribution < 1.29 is 4.79 Å². The third-order valence-electron chi connectivity index (χ3n) is 6.07. The number of halogens is 1. The molecule has 0 N–H and O–H groups in total. The second kappa shape index (κ2) is 9.33. The molecule has 0 bridgehead atoms. The highest BCUT2D eigenvalue weighted by Crippen LogP contribution is 2.16. The van der Waals surface area contributed by atoms with Crippen LogP contribution in [0.2, 0.25) is 5.02 Å². The zero-order valence-corrected chi connectivity index (χ0v) is 19.7. The normalized spacial score (nSPS) is 14.5. The fourth-order valence-electron chi connectivity index (χ4n) is 3.77. The topological polar surface area (TPSA) is 80.4 Å². The first-order valence-electron chi connectivity index (χ1n) is 10.8. The van der Waals surface area contributed by atoms with Crippen molar-refractivity contribution in [2.24, 2.45) is 0 Å². The fourth-order valence-corrected chi connectivity index (χ4v) is 3.97. The Morgan fingerprint density at radius 3 is 2.36 bits per heavy atom. The molecule has 172 valence electrons. The van der Waals surface area contributed by atoms with Gasteiger partial charge in [0.2, 0.25) is 5.69 Å². The van der Waals surface area contributed by atoms with Crippen LogP contribution >= 0.6 is 11.6 Å². The van der Waals surface area contributed by atoms with Crippen molar-refractivity contribution >= 4 is 17.5 Å². The van der Waals surface area contributed by atoms with Crippen LogP contribution in [0.5, 0.6) is 0 Å². The number of hydrogen-bond donors (Lipinski definition) is 0. The van der Waals surface area contributed by atoms with Crippen LogP contribution in [0.3, 0.4) is 0 Å². The van der Waals surface area contributed by atoms with Crippen molar-refractivity contribution in [3.63, 3.8) is 0 Å². The van der Waals surface area contributed by atoms with Gasteiger partial charge < -0.3 is 9.80 Å². The molecule has 1 aliphatic rings. The van der Waals surface area contributed by atoms with Crippen molar-refractivity contribution in [1.82, 2.24) is 24.1 Å². The Morgan fingerprint density at radius 1 is 1.00 bits per heavy atom. The molecule has 1 aromatic heterocycles. The molecule has 3 aromatic rings. The van der Waals surface area contributed by atoms with Gasteiger partial charge in [0.15, 0.2) is 0 Å². The van der Waals surface area contributed by atoms with Crippen LogP contribution in [0.15, 0.2) is 52.1 Å². The summed E-state index contributed by atoms with van der Waals surface area (Å²) in [6.45, 7) is 6.23. The van der Waals surface area contributed by atoms with E-state index in [9.17, 15) is 14.4 Å². The third kappa shape index (κ3) is 4.62. The van der Waals surface area contributed by atoms with Crippen LogP contribution in [0.25, 0.3) is 5.69 Å². The van der Waals surface area contributed by atoms with E-state index in [1.165, 1.54) is 0 Å². The Hall–Kier alpha value is -3.23. The highest BCUT2D eigenvalue weighted by atomic mass is 35.5. The summed E-state index contributed by atoms with van der Waals surface area (Å²) in [5.41, 5.74) is 1.51. The molecular formula is C24H26ClN5O3. The lowest BCUT2D eigenvalue weighted by molar-refractivity contribution is 0.0652. The number of hydrogen-bond acceptors (Lipinski definition) is 5. The van der Waals surface area contributed by atoms with Crippen LogP contribution in [-0.4, -0.2) is 63.3 Å².